The number of aliphatic hydroxyl groups is 1. The third-order valence-electron chi connectivity index (χ3n) is 2.28. The molecule has 0 radical (unpaired) electrons. The van der Waals surface area contributed by atoms with Crippen LogP contribution in [0, 0.1) is 0 Å². The Bertz CT molecular complexity index is 271. The lowest BCUT2D eigenvalue weighted by atomic mass is 10.00. The zero-order valence-electron chi connectivity index (χ0n) is 8.96. The average molecular weight is 193 g/mol. The molecule has 1 rings (SSSR count). The molecular formula is C12H19NO. The van der Waals surface area contributed by atoms with Crippen LogP contribution in [0.5, 0.6) is 0 Å². The summed E-state index contributed by atoms with van der Waals surface area (Å²) in [6.45, 7) is 2.81. The Hall–Kier alpha value is -0.860. The van der Waals surface area contributed by atoms with Crippen LogP contribution < -0.4 is 5.32 Å². The standard InChI is InChI=1S/C12H19NO/c1-10(14)9-12-6-4-3-5-11(12)7-8-13-2/h3-6,10,13-14H,7-9H2,1-2H3. The molecule has 0 saturated heterocycles. The molecule has 2 N–H and O–H groups in total. The van der Waals surface area contributed by atoms with Gasteiger partial charge in [-0.05, 0) is 44.5 Å². The van der Waals surface area contributed by atoms with E-state index in [0.29, 0.717) is 0 Å². The van der Waals surface area contributed by atoms with Gasteiger partial charge in [-0.25, -0.2) is 0 Å². The summed E-state index contributed by atoms with van der Waals surface area (Å²) in [6, 6.07) is 8.31. The molecule has 1 unspecified atom stereocenters. The first kappa shape index (κ1) is 11.2. The molecular weight excluding hydrogens is 174 g/mol. The zero-order chi connectivity index (χ0) is 10.4. The lowest BCUT2D eigenvalue weighted by Crippen LogP contribution is -2.13. The van der Waals surface area contributed by atoms with Gasteiger partial charge in [0, 0.05) is 0 Å². The predicted octanol–water partition coefficient (Wildman–Crippen LogP) is 1.37. The molecule has 0 fully saturated rings. The number of hydrogen-bond acceptors (Lipinski definition) is 2. The van der Waals surface area contributed by atoms with Gasteiger partial charge in [0.25, 0.3) is 0 Å². The van der Waals surface area contributed by atoms with Crippen molar-refractivity contribution in [2.75, 3.05) is 13.6 Å². The number of rotatable bonds is 5. The summed E-state index contributed by atoms with van der Waals surface area (Å²) in [4.78, 5) is 0. The SMILES string of the molecule is CNCCc1ccccc1CC(C)O. The van der Waals surface area contributed by atoms with Crippen molar-refractivity contribution in [2.45, 2.75) is 25.9 Å². The first-order valence-electron chi connectivity index (χ1n) is 5.13. The van der Waals surface area contributed by atoms with Crippen LogP contribution in [0.2, 0.25) is 0 Å². The number of hydrogen-bond donors (Lipinski definition) is 2. The van der Waals surface area contributed by atoms with Crippen molar-refractivity contribution in [3.05, 3.63) is 35.4 Å². The van der Waals surface area contributed by atoms with Gasteiger partial charge >= 0.3 is 0 Å². The van der Waals surface area contributed by atoms with Crippen molar-refractivity contribution in [1.29, 1.82) is 0 Å². The van der Waals surface area contributed by atoms with E-state index in [0.717, 1.165) is 19.4 Å². The van der Waals surface area contributed by atoms with Crippen molar-refractivity contribution in [3.63, 3.8) is 0 Å². The molecule has 0 saturated carbocycles. The van der Waals surface area contributed by atoms with Gasteiger partial charge in [-0.1, -0.05) is 24.3 Å². The first-order valence-corrected chi connectivity index (χ1v) is 5.13. The molecule has 78 valence electrons. The molecule has 0 aliphatic heterocycles. The minimum Gasteiger partial charge on any atom is -0.393 e. The fourth-order valence-electron chi connectivity index (χ4n) is 1.58. The van der Waals surface area contributed by atoms with Gasteiger partial charge in [-0.15, -0.1) is 0 Å². The lowest BCUT2D eigenvalue weighted by molar-refractivity contribution is 0.195. The summed E-state index contributed by atoms with van der Waals surface area (Å²) >= 11 is 0. The van der Waals surface area contributed by atoms with Crippen LogP contribution in [0.15, 0.2) is 24.3 Å². The van der Waals surface area contributed by atoms with E-state index >= 15 is 0 Å². The summed E-state index contributed by atoms with van der Waals surface area (Å²) in [5.74, 6) is 0. The Kier molecular flexibility index (Phi) is 4.63. The molecule has 0 aliphatic rings. The Morgan fingerprint density at radius 3 is 2.50 bits per heavy atom. The minimum absolute atomic E-state index is 0.259. The zero-order valence-corrected chi connectivity index (χ0v) is 8.96. The monoisotopic (exact) mass is 193 g/mol. The van der Waals surface area contributed by atoms with Gasteiger partial charge in [0.2, 0.25) is 0 Å². The van der Waals surface area contributed by atoms with Crippen LogP contribution in [0.3, 0.4) is 0 Å². The largest absolute Gasteiger partial charge is 0.393 e. The van der Waals surface area contributed by atoms with Crippen molar-refractivity contribution in [3.8, 4) is 0 Å². The van der Waals surface area contributed by atoms with Crippen molar-refractivity contribution in [2.24, 2.45) is 0 Å². The minimum atomic E-state index is -0.259. The molecule has 2 heteroatoms. The highest BCUT2D eigenvalue weighted by molar-refractivity contribution is 5.27. The number of likely N-dealkylation sites (N-methyl/N-ethyl adjacent to an activating group) is 1. The molecule has 14 heavy (non-hydrogen) atoms. The highest BCUT2D eigenvalue weighted by Gasteiger charge is 2.03. The highest BCUT2D eigenvalue weighted by Crippen LogP contribution is 2.11. The van der Waals surface area contributed by atoms with Crippen molar-refractivity contribution >= 4 is 0 Å². The lowest BCUT2D eigenvalue weighted by Gasteiger charge is -2.10. The van der Waals surface area contributed by atoms with E-state index in [2.05, 4.69) is 23.5 Å². The van der Waals surface area contributed by atoms with Crippen LogP contribution >= 0.6 is 0 Å². The second-order valence-corrected chi connectivity index (χ2v) is 3.68. The molecule has 0 aliphatic carbocycles. The van der Waals surface area contributed by atoms with Crippen LogP contribution in [-0.2, 0) is 12.8 Å². The first-order chi connectivity index (χ1) is 6.74. The van der Waals surface area contributed by atoms with E-state index in [1.54, 1.807) is 0 Å². The predicted molar refractivity (Wildman–Crippen MR) is 59.5 cm³/mol. The third-order valence-corrected chi connectivity index (χ3v) is 2.28. The number of benzene rings is 1. The Morgan fingerprint density at radius 2 is 1.93 bits per heavy atom. The van der Waals surface area contributed by atoms with Gasteiger partial charge in [0.05, 0.1) is 6.10 Å². The normalized spacial score (nSPS) is 12.8. The van der Waals surface area contributed by atoms with Crippen LogP contribution in [-0.4, -0.2) is 24.8 Å². The van der Waals surface area contributed by atoms with E-state index in [4.69, 9.17) is 0 Å². The molecule has 2 nitrogen and oxygen atoms in total. The Labute approximate surface area is 86.0 Å². The summed E-state index contributed by atoms with van der Waals surface area (Å²) in [7, 11) is 1.96. The second-order valence-electron chi connectivity index (χ2n) is 3.68. The summed E-state index contributed by atoms with van der Waals surface area (Å²) in [5, 5.41) is 12.5. The molecule has 0 amide bonds. The van der Waals surface area contributed by atoms with E-state index < -0.39 is 0 Å². The molecule has 0 heterocycles. The molecule has 1 aromatic carbocycles. The Morgan fingerprint density at radius 1 is 1.29 bits per heavy atom. The molecule has 1 aromatic rings. The summed E-state index contributed by atoms with van der Waals surface area (Å²) < 4.78 is 0. The fourth-order valence-corrected chi connectivity index (χ4v) is 1.58. The summed E-state index contributed by atoms with van der Waals surface area (Å²) in [5.41, 5.74) is 2.60. The second kappa shape index (κ2) is 5.78. The van der Waals surface area contributed by atoms with Crippen molar-refractivity contribution < 1.29 is 5.11 Å². The van der Waals surface area contributed by atoms with Crippen LogP contribution in [0.4, 0.5) is 0 Å². The fraction of sp³-hybridized carbons (Fsp3) is 0.500. The summed E-state index contributed by atoms with van der Waals surface area (Å²) in [6.07, 6.45) is 1.52. The van der Waals surface area contributed by atoms with Crippen LogP contribution in [0.25, 0.3) is 0 Å². The molecule has 0 spiro atoms. The molecule has 0 bridgehead atoms. The quantitative estimate of drug-likeness (QED) is 0.740. The van der Waals surface area contributed by atoms with Gasteiger partial charge in [-0.2, -0.15) is 0 Å². The van der Waals surface area contributed by atoms with Gasteiger partial charge in [0.15, 0.2) is 0 Å². The topological polar surface area (TPSA) is 32.3 Å². The van der Waals surface area contributed by atoms with E-state index in [9.17, 15) is 5.11 Å². The molecule has 0 aromatic heterocycles. The van der Waals surface area contributed by atoms with Crippen LogP contribution in [0.1, 0.15) is 18.1 Å². The van der Waals surface area contributed by atoms with Crippen molar-refractivity contribution in [1.82, 2.24) is 5.32 Å². The van der Waals surface area contributed by atoms with Gasteiger partial charge in [-0.3, -0.25) is 0 Å². The average Bonchev–Trinajstić information content (AvgIpc) is 2.16. The van der Waals surface area contributed by atoms with E-state index in [1.165, 1.54) is 11.1 Å². The van der Waals surface area contributed by atoms with Gasteiger partial charge < -0.3 is 10.4 Å². The number of nitrogens with one attached hydrogen (secondary N) is 1. The van der Waals surface area contributed by atoms with E-state index in [1.807, 2.05) is 20.0 Å². The van der Waals surface area contributed by atoms with E-state index in [-0.39, 0.29) is 6.10 Å². The molecule has 1 atom stereocenters. The maximum Gasteiger partial charge on any atom is 0.0552 e. The smallest absolute Gasteiger partial charge is 0.0552 e. The number of aliphatic hydroxyl groups excluding tert-OH is 1. The Balaban J connectivity index is 2.69. The van der Waals surface area contributed by atoms with Gasteiger partial charge in [0.1, 0.15) is 0 Å². The highest BCUT2D eigenvalue weighted by atomic mass is 16.3. The third kappa shape index (κ3) is 3.48. The maximum absolute atomic E-state index is 9.34. The maximum atomic E-state index is 9.34.